The molecule has 5 rings (SSSR count). The van der Waals surface area contributed by atoms with Gasteiger partial charge in [-0.2, -0.15) is 13.9 Å². The zero-order valence-corrected chi connectivity index (χ0v) is 18.5. The van der Waals surface area contributed by atoms with Crippen molar-refractivity contribution in [2.75, 3.05) is 13.1 Å². The number of benzene rings is 2. The number of halogens is 2. The van der Waals surface area contributed by atoms with Crippen LogP contribution in [-0.4, -0.2) is 40.3 Å². The number of ether oxygens (including phenoxy) is 2. The van der Waals surface area contributed by atoms with Gasteiger partial charge in [0.2, 0.25) is 0 Å². The number of para-hydroxylation sites is 2. The normalized spacial score (nSPS) is 16.5. The van der Waals surface area contributed by atoms with Crippen LogP contribution in [0.2, 0.25) is 0 Å². The van der Waals surface area contributed by atoms with Gasteiger partial charge in [0.25, 0.3) is 5.91 Å². The minimum Gasteiger partial charge on any atom is -0.482 e. The largest absolute Gasteiger partial charge is 0.482 e. The number of likely N-dealkylation sites (tertiary alicyclic amines) is 1. The molecule has 33 heavy (non-hydrogen) atoms. The summed E-state index contributed by atoms with van der Waals surface area (Å²) in [5, 5.41) is 4.66. The van der Waals surface area contributed by atoms with E-state index in [1.54, 1.807) is 17.0 Å². The van der Waals surface area contributed by atoms with Crippen molar-refractivity contribution < 1.29 is 23.0 Å². The zero-order valence-electron chi connectivity index (χ0n) is 18.5. The van der Waals surface area contributed by atoms with Gasteiger partial charge < -0.3 is 14.4 Å². The average molecular weight is 453 g/mol. The summed E-state index contributed by atoms with van der Waals surface area (Å²) in [7, 11) is 0. The standard InChI is InChI=1S/C25H25F2N3O3/c1-16(2)30-22-17-7-3-6-10-21(17)33-25(19(22)15-28-30)11-13-29(14-12-25)23(31)18-8-4-5-9-20(18)32-24(26)27/h3-10,15-16,24H,11-14H2,1-2H3. The maximum atomic E-state index is 13.2. The molecule has 0 aliphatic carbocycles. The molecule has 0 unspecified atom stereocenters. The molecule has 2 aliphatic heterocycles. The van der Waals surface area contributed by atoms with Crippen molar-refractivity contribution >= 4 is 5.91 Å². The van der Waals surface area contributed by atoms with Crippen LogP contribution in [0.1, 0.15) is 48.7 Å². The Kier molecular flexibility index (Phi) is 5.31. The molecule has 3 heterocycles. The fourth-order valence-electron chi connectivity index (χ4n) is 4.83. The zero-order chi connectivity index (χ0) is 23.2. The molecule has 2 aliphatic rings. The van der Waals surface area contributed by atoms with Crippen molar-refractivity contribution in [3.05, 3.63) is 65.9 Å². The summed E-state index contributed by atoms with van der Waals surface area (Å²) in [6.07, 6.45) is 3.03. The first-order valence-electron chi connectivity index (χ1n) is 11.1. The van der Waals surface area contributed by atoms with Crippen molar-refractivity contribution in [3.63, 3.8) is 0 Å². The third-order valence-corrected chi connectivity index (χ3v) is 6.41. The fraction of sp³-hybridized carbons (Fsp3) is 0.360. The third-order valence-electron chi connectivity index (χ3n) is 6.41. The average Bonchev–Trinajstić information content (AvgIpc) is 3.26. The summed E-state index contributed by atoms with van der Waals surface area (Å²) < 4.78 is 38.7. The Hall–Kier alpha value is -3.42. The number of amides is 1. The molecule has 1 fully saturated rings. The van der Waals surface area contributed by atoms with Crippen LogP contribution in [0.4, 0.5) is 8.78 Å². The molecule has 172 valence electrons. The van der Waals surface area contributed by atoms with Gasteiger partial charge in [0.1, 0.15) is 17.1 Å². The summed E-state index contributed by atoms with van der Waals surface area (Å²) in [6, 6.07) is 14.2. The molecule has 0 atom stereocenters. The molecule has 2 aromatic carbocycles. The van der Waals surface area contributed by atoms with Crippen LogP contribution in [-0.2, 0) is 5.60 Å². The number of rotatable bonds is 4. The first-order chi connectivity index (χ1) is 15.9. The Morgan fingerprint density at radius 1 is 1.09 bits per heavy atom. The predicted molar refractivity (Wildman–Crippen MR) is 119 cm³/mol. The lowest BCUT2D eigenvalue weighted by Crippen LogP contribution is -2.49. The molecule has 0 bridgehead atoms. The van der Waals surface area contributed by atoms with Crippen molar-refractivity contribution in [2.45, 2.75) is 44.9 Å². The first-order valence-corrected chi connectivity index (χ1v) is 11.1. The van der Waals surface area contributed by atoms with Crippen molar-refractivity contribution in [3.8, 4) is 22.8 Å². The number of piperidine rings is 1. The summed E-state index contributed by atoms with van der Waals surface area (Å²) in [4.78, 5) is 14.8. The third kappa shape index (κ3) is 3.63. The second kappa shape index (κ2) is 8.17. The Bertz CT molecular complexity index is 1180. The highest BCUT2D eigenvalue weighted by atomic mass is 19.3. The lowest BCUT2D eigenvalue weighted by molar-refractivity contribution is -0.0504. The predicted octanol–water partition coefficient (Wildman–Crippen LogP) is 5.26. The van der Waals surface area contributed by atoms with E-state index < -0.39 is 12.2 Å². The van der Waals surface area contributed by atoms with Crippen LogP contribution < -0.4 is 9.47 Å². The Morgan fingerprint density at radius 2 is 1.79 bits per heavy atom. The molecule has 1 amide bonds. The van der Waals surface area contributed by atoms with Crippen molar-refractivity contribution in [1.29, 1.82) is 0 Å². The van der Waals surface area contributed by atoms with Crippen molar-refractivity contribution in [1.82, 2.24) is 14.7 Å². The van der Waals surface area contributed by atoms with Crippen LogP contribution >= 0.6 is 0 Å². The number of alkyl halides is 2. The van der Waals surface area contributed by atoms with E-state index >= 15 is 0 Å². The molecule has 1 saturated heterocycles. The van der Waals surface area contributed by atoms with Gasteiger partial charge in [0.05, 0.1) is 17.5 Å². The molecular weight excluding hydrogens is 428 g/mol. The highest BCUT2D eigenvalue weighted by Gasteiger charge is 2.46. The van der Waals surface area contributed by atoms with Gasteiger partial charge in [-0.3, -0.25) is 9.48 Å². The van der Waals surface area contributed by atoms with E-state index in [4.69, 9.17) is 4.74 Å². The quantitative estimate of drug-likeness (QED) is 0.541. The van der Waals surface area contributed by atoms with Gasteiger partial charge in [-0.25, -0.2) is 0 Å². The second-order valence-corrected chi connectivity index (χ2v) is 8.70. The highest BCUT2D eigenvalue weighted by molar-refractivity contribution is 5.97. The van der Waals surface area contributed by atoms with Crippen LogP contribution in [0, 0.1) is 0 Å². The Labute approximate surface area is 190 Å². The number of hydrogen-bond acceptors (Lipinski definition) is 4. The van der Waals surface area contributed by atoms with Crippen molar-refractivity contribution in [2.24, 2.45) is 0 Å². The van der Waals surface area contributed by atoms with Gasteiger partial charge in [0, 0.05) is 43.1 Å². The van der Waals surface area contributed by atoms with Crippen LogP contribution in [0.5, 0.6) is 11.5 Å². The first kappa shape index (κ1) is 21.4. The van der Waals surface area contributed by atoms with E-state index in [9.17, 15) is 13.6 Å². The monoisotopic (exact) mass is 453 g/mol. The topological polar surface area (TPSA) is 56.6 Å². The molecule has 3 aromatic rings. The summed E-state index contributed by atoms with van der Waals surface area (Å²) in [5.41, 5.74) is 2.65. The maximum absolute atomic E-state index is 13.2. The van der Waals surface area contributed by atoms with E-state index in [0.29, 0.717) is 25.9 Å². The summed E-state index contributed by atoms with van der Waals surface area (Å²) in [5.74, 6) is 0.374. The van der Waals surface area contributed by atoms with Crippen LogP contribution in [0.25, 0.3) is 11.3 Å². The highest BCUT2D eigenvalue weighted by Crippen LogP contribution is 2.50. The maximum Gasteiger partial charge on any atom is 0.387 e. The molecule has 8 heteroatoms. The molecule has 0 saturated carbocycles. The summed E-state index contributed by atoms with van der Waals surface area (Å²) >= 11 is 0. The number of carbonyl (C=O) groups is 1. The molecule has 0 N–H and O–H groups in total. The smallest absolute Gasteiger partial charge is 0.387 e. The lowest BCUT2D eigenvalue weighted by Gasteiger charge is -2.44. The van der Waals surface area contributed by atoms with Gasteiger partial charge in [-0.05, 0) is 38.1 Å². The number of hydrogen-bond donors (Lipinski definition) is 0. The van der Waals surface area contributed by atoms with Gasteiger partial charge in [-0.1, -0.05) is 24.3 Å². The number of carbonyl (C=O) groups excluding carboxylic acids is 1. The molecule has 1 spiro atoms. The van der Waals surface area contributed by atoms with Gasteiger partial charge in [-0.15, -0.1) is 0 Å². The second-order valence-electron chi connectivity index (χ2n) is 8.70. The molecular formula is C25H25F2N3O3. The van der Waals surface area contributed by atoms with E-state index in [0.717, 1.165) is 22.6 Å². The lowest BCUT2D eigenvalue weighted by atomic mass is 9.80. The Balaban J connectivity index is 1.43. The van der Waals surface area contributed by atoms with E-state index in [2.05, 4.69) is 23.7 Å². The van der Waals surface area contributed by atoms with Crippen LogP contribution in [0.3, 0.4) is 0 Å². The minimum absolute atomic E-state index is 0.110. The van der Waals surface area contributed by atoms with Crippen LogP contribution in [0.15, 0.2) is 54.7 Å². The summed E-state index contributed by atoms with van der Waals surface area (Å²) in [6.45, 7) is 2.05. The number of fused-ring (bicyclic) bond motifs is 4. The fourth-order valence-corrected chi connectivity index (χ4v) is 4.83. The van der Waals surface area contributed by atoms with Gasteiger partial charge >= 0.3 is 6.61 Å². The molecule has 6 nitrogen and oxygen atoms in total. The Morgan fingerprint density at radius 3 is 2.52 bits per heavy atom. The van der Waals surface area contributed by atoms with Gasteiger partial charge in [0.15, 0.2) is 0 Å². The minimum atomic E-state index is -2.99. The molecule has 1 aromatic heterocycles. The SMILES string of the molecule is CC(C)n1ncc2c1-c1ccccc1OC21CCN(C(=O)c2ccccc2OC(F)F)CC1. The molecule has 0 radical (unpaired) electrons. The number of nitrogens with zero attached hydrogens (tertiary/aromatic N) is 3. The van der Waals surface area contributed by atoms with E-state index in [-0.39, 0.29) is 23.3 Å². The number of aromatic nitrogens is 2. The van der Waals surface area contributed by atoms with E-state index in [1.165, 1.54) is 12.1 Å². The van der Waals surface area contributed by atoms with E-state index in [1.807, 2.05) is 35.1 Å².